The van der Waals surface area contributed by atoms with Crippen molar-refractivity contribution in [2.24, 2.45) is 0 Å². The minimum absolute atomic E-state index is 0.0605. The third-order valence-electron chi connectivity index (χ3n) is 4.38. The van der Waals surface area contributed by atoms with Gasteiger partial charge in [-0.3, -0.25) is 10.3 Å². The van der Waals surface area contributed by atoms with Crippen LogP contribution in [0.15, 0.2) is 36.7 Å². The van der Waals surface area contributed by atoms with E-state index in [1.54, 1.807) is 23.1 Å². The molecule has 2 aromatic heterocycles. The van der Waals surface area contributed by atoms with Crippen molar-refractivity contribution in [1.82, 2.24) is 20.1 Å². The normalized spacial score (nSPS) is 21.0. The van der Waals surface area contributed by atoms with Gasteiger partial charge in [0, 0.05) is 12.3 Å². The highest BCUT2D eigenvalue weighted by Crippen LogP contribution is 2.37. The minimum atomic E-state index is -0.408. The molecule has 1 aliphatic rings. The van der Waals surface area contributed by atoms with Crippen LogP contribution >= 0.6 is 0 Å². The molecule has 0 bridgehead atoms. The van der Waals surface area contributed by atoms with Gasteiger partial charge in [0.2, 0.25) is 0 Å². The number of hydrogen-bond acceptors (Lipinski definition) is 4. The maximum atomic E-state index is 12.4. The van der Waals surface area contributed by atoms with Crippen LogP contribution in [0.3, 0.4) is 0 Å². The van der Waals surface area contributed by atoms with Gasteiger partial charge in [-0.05, 0) is 46.2 Å². The van der Waals surface area contributed by atoms with E-state index in [0.29, 0.717) is 12.4 Å². The number of anilines is 1. The summed E-state index contributed by atoms with van der Waals surface area (Å²) >= 11 is 0. The molecule has 1 saturated heterocycles. The third-order valence-corrected chi connectivity index (χ3v) is 4.38. The molecule has 2 N–H and O–H groups in total. The summed E-state index contributed by atoms with van der Waals surface area (Å²) in [5.41, 5.74) is 0.221. The fraction of sp³-hybridized carbons (Fsp3) is 0.500. The number of hydrogen-bond donors (Lipinski definition) is 2. The molecule has 0 unspecified atom stereocenters. The summed E-state index contributed by atoms with van der Waals surface area (Å²) in [7, 11) is 0. The molecule has 0 spiro atoms. The zero-order chi connectivity index (χ0) is 18.1. The average molecular weight is 343 g/mol. The molecule has 1 fully saturated rings. The Bertz CT molecular complexity index is 739. The predicted molar refractivity (Wildman–Crippen MR) is 95.4 cm³/mol. The molecule has 2 amide bonds. The molecule has 3 heterocycles. The van der Waals surface area contributed by atoms with Gasteiger partial charge in [-0.2, -0.15) is 5.10 Å². The van der Waals surface area contributed by atoms with Gasteiger partial charge in [0.15, 0.2) is 0 Å². The lowest BCUT2D eigenvalue weighted by atomic mass is 9.95. The maximum absolute atomic E-state index is 12.4. The molecule has 7 heteroatoms. The fourth-order valence-electron chi connectivity index (χ4n) is 3.31. The first-order chi connectivity index (χ1) is 11.8. The van der Waals surface area contributed by atoms with Crippen molar-refractivity contribution in [3.05, 3.63) is 42.4 Å². The van der Waals surface area contributed by atoms with Crippen LogP contribution in [0.5, 0.6) is 0 Å². The van der Waals surface area contributed by atoms with Gasteiger partial charge in [-0.25, -0.2) is 9.48 Å². The van der Waals surface area contributed by atoms with E-state index in [0.717, 1.165) is 12.1 Å². The molecule has 7 nitrogen and oxygen atoms in total. The van der Waals surface area contributed by atoms with Crippen molar-refractivity contribution in [3.8, 4) is 0 Å². The van der Waals surface area contributed by atoms with E-state index in [1.807, 2.05) is 45.9 Å². The van der Waals surface area contributed by atoms with Crippen LogP contribution in [-0.2, 0) is 11.3 Å². The Morgan fingerprint density at radius 1 is 1.28 bits per heavy atom. The third kappa shape index (κ3) is 4.17. The molecular weight excluding hydrogens is 318 g/mol. The van der Waals surface area contributed by atoms with Crippen LogP contribution in [0, 0.1) is 0 Å². The molecule has 2 aromatic rings. The predicted octanol–water partition coefficient (Wildman–Crippen LogP) is 2.79. The fourth-order valence-corrected chi connectivity index (χ4v) is 3.31. The van der Waals surface area contributed by atoms with Crippen LogP contribution in [0.25, 0.3) is 0 Å². The Hall–Kier alpha value is -2.41. The summed E-state index contributed by atoms with van der Waals surface area (Å²) in [6, 6.07) is 7.16. The average Bonchev–Trinajstić information content (AvgIpc) is 3.01. The summed E-state index contributed by atoms with van der Waals surface area (Å²) in [5.74, 6) is 0.624. The maximum Gasteiger partial charge on any atom is 0.320 e. The number of amides is 2. The van der Waals surface area contributed by atoms with Crippen molar-refractivity contribution in [2.75, 3.05) is 5.32 Å². The monoisotopic (exact) mass is 343 g/mol. The first-order valence-electron chi connectivity index (χ1n) is 8.45. The van der Waals surface area contributed by atoms with E-state index >= 15 is 0 Å². The SMILES string of the molecule is CC1(C)C[C@H](NC(=O)Nc2ccnn2Cc2ccccn2)C(C)(C)O1. The zero-order valence-electron chi connectivity index (χ0n) is 15.1. The van der Waals surface area contributed by atoms with E-state index in [2.05, 4.69) is 20.7 Å². The summed E-state index contributed by atoms with van der Waals surface area (Å²) in [5, 5.41) is 10.1. The first-order valence-corrected chi connectivity index (χ1v) is 8.45. The number of pyridine rings is 1. The lowest BCUT2D eigenvalue weighted by Gasteiger charge is -2.27. The lowest BCUT2D eigenvalue weighted by Crippen LogP contribution is -2.47. The molecule has 0 saturated carbocycles. The molecular formula is C18H25N5O2. The van der Waals surface area contributed by atoms with Gasteiger partial charge in [-0.1, -0.05) is 6.07 Å². The highest BCUT2D eigenvalue weighted by molar-refractivity contribution is 5.88. The van der Waals surface area contributed by atoms with Gasteiger partial charge in [0.25, 0.3) is 0 Å². The summed E-state index contributed by atoms with van der Waals surface area (Å²) in [6.45, 7) is 8.57. The second-order valence-corrected chi connectivity index (χ2v) is 7.52. The molecule has 1 aliphatic heterocycles. The van der Waals surface area contributed by atoms with Crippen LogP contribution in [0.2, 0.25) is 0 Å². The highest BCUT2D eigenvalue weighted by atomic mass is 16.5. The van der Waals surface area contributed by atoms with Crippen molar-refractivity contribution >= 4 is 11.8 Å². The van der Waals surface area contributed by atoms with Crippen LogP contribution in [0.1, 0.15) is 39.8 Å². The molecule has 25 heavy (non-hydrogen) atoms. The smallest absolute Gasteiger partial charge is 0.320 e. The lowest BCUT2D eigenvalue weighted by molar-refractivity contribution is -0.0689. The summed E-state index contributed by atoms with van der Waals surface area (Å²) < 4.78 is 7.73. The van der Waals surface area contributed by atoms with E-state index < -0.39 is 5.60 Å². The molecule has 1 atom stereocenters. The number of rotatable bonds is 4. The van der Waals surface area contributed by atoms with Gasteiger partial charge < -0.3 is 10.1 Å². The first kappa shape index (κ1) is 17.4. The van der Waals surface area contributed by atoms with Gasteiger partial charge in [-0.15, -0.1) is 0 Å². The minimum Gasteiger partial charge on any atom is -0.367 e. The molecule has 0 aromatic carbocycles. The Balaban J connectivity index is 1.64. The number of ether oxygens (including phenoxy) is 1. The quantitative estimate of drug-likeness (QED) is 0.894. The number of carbonyl (C=O) groups excluding carboxylic acids is 1. The van der Waals surface area contributed by atoms with Gasteiger partial charge in [0.1, 0.15) is 5.82 Å². The van der Waals surface area contributed by atoms with Crippen LogP contribution < -0.4 is 10.6 Å². The van der Waals surface area contributed by atoms with E-state index in [-0.39, 0.29) is 17.7 Å². The standard InChI is InChI=1S/C18H25N5O2/c1-17(2)11-14(18(3,4)25-17)21-16(24)22-15-8-10-20-23(15)12-13-7-5-6-9-19-13/h5-10,14H,11-12H2,1-4H3,(H2,21,22,24)/t14-/m0/s1. The number of aromatic nitrogens is 3. The van der Waals surface area contributed by atoms with Gasteiger partial charge >= 0.3 is 6.03 Å². The number of carbonyl (C=O) groups is 1. The van der Waals surface area contributed by atoms with Crippen molar-refractivity contribution in [3.63, 3.8) is 0 Å². The Labute approximate surface area is 147 Å². The van der Waals surface area contributed by atoms with Crippen molar-refractivity contribution in [2.45, 2.75) is 57.9 Å². The zero-order valence-corrected chi connectivity index (χ0v) is 15.1. The van der Waals surface area contributed by atoms with E-state index in [4.69, 9.17) is 4.74 Å². The molecule has 0 radical (unpaired) electrons. The number of nitrogens with zero attached hydrogens (tertiary/aromatic N) is 3. The molecule has 3 rings (SSSR count). The molecule has 0 aliphatic carbocycles. The topological polar surface area (TPSA) is 81.1 Å². The van der Waals surface area contributed by atoms with Crippen LogP contribution in [-0.4, -0.2) is 38.0 Å². The second-order valence-electron chi connectivity index (χ2n) is 7.52. The highest BCUT2D eigenvalue weighted by Gasteiger charge is 2.46. The van der Waals surface area contributed by atoms with Crippen LogP contribution in [0.4, 0.5) is 10.6 Å². The Morgan fingerprint density at radius 3 is 2.72 bits per heavy atom. The molecule has 134 valence electrons. The van der Waals surface area contributed by atoms with Crippen molar-refractivity contribution < 1.29 is 9.53 Å². The van der Waals surface area contributed by atoms with Gasteiger partial charge in [0.05, 0.1) is 35.7 Å². The largest absolute Gasteiger partial charge is 0.367 e. The summed E-state index contributed by atoms with van der Waals surface area (Å²) in [4.78, 5) is 16.7. The Morgan fingerprint density at radius 2 is 2.08 bits per heavy atom. The number of nitrogens with one attached hydrogen (secondary N) is 2. The second kappa shape index (κ2) is 6.48. The number of urea groups is 1. The van der Waals surface area contributed by atoms with E-state index in [9.17, 15) is 4.79 Å². The summed E-state index contributed by atoms with van der Waals surface area (Å²) in [6.07, 6.45) is 4.16. The van der Waals surface area contributed by atoms with Crippen molar-refractivity contribution in [1.29, 1.82) is 0 Å². The van der Waals surface area contributed by atoms with E-state index in [1.165, 1.54) is 0 Å². The Kier molecular flexibility index (Phi) is 4.51.